The van der Waals surface area contributed by atoms with Crippen LogP contribution in [-0.2, 0) is 14.4 Å². The summed E-state index contributed by atoms with van der Waals surface area (Å²) in [6.07, 6.45) is -2.44. The molecular formula is C6H7INa2O7. The van der Waals surface area contributed by atoms with Gasteiger partial charge in [-0.15, -0.1) is 0 Å². The van der Waals surface area contributed by atoms with Crippen molar-refractivity contribution < 1.29 is 118 Å². The molecule has 0 spiro atoms. The van der Waals surface area contributed by atoms with Gasteiger partial charge in [0, 0.05) is 12.4 Å². The number of hydrogen-bond acceptors (Lipinski definition) is 5. The first-order chi connectivity index (χ1) is 5.78. The quantitative estimate of drug-likeness (QED) is 0.326. The molecule has 16 heavy (non-hydrogen) atoms. The molecule has 0 fully saturated rings. The first-order valence-electron chi connectivity index (χ1n) is 3.15. The average Bonchev–Trinajstić information content (AvgIpc) is 1.82. The van der Waals surface area contributed by atoms with Crippen molar-refractivity contribution in [3.8, 4) is 0 Å². The number of carbonyl (C=O) groups is 3. The van der Waals surface area contributed by atoms with Gasteiger partial charge in [-0.25, -0.2) is 4.79 Å². The average molecular weight is 364 g/mol. The minimum Gasteiger partial charge on any atom is -1.00 e. The van der Waals surface area contributed by atoms with Crippen LogP contribution >= 0.6 is 0 Å². The van der Waals surface area contributed by atoms with E-state index in [1.54, 1.807) is 0 Å². The minimum absolute atomic E-state index is 0. The summed E-state index contributed by atoms with van der Waals surface area (Å²) in [6, 6.07) is 0. The second kappa shape index (κ2) is 11.2. The van der Waals surface area contributed by atoms with Crippen LogP contribution in [0.2, 0.25) is 0 Å². The fourth-order valence-electron chi connectivity index (χ4n) is 0.703. The predicted octanol–water partition coefficient (Wildman–Crippen LogP) is -11.6. The standard InChI is InChI=1S/C6H8O7.HI.2Na/c7-3(8)1-6(13,5(11)12)2-4(9)10;;;/h13H,1-2H2,(H,7,8)(H,9,10)(H,11,12);1H;;/q;;2*+1/p-2. The number of rotatable bonds is 5. The summed E-state index contributed by atoms with van der Waals surface area (Å²) in [7, 11) is 0. The summed E-state index contributed by atoms with van der Waals surface area (Å²) < 4.78 is 0. The second-order valence-corrected chi connectivity index (χ2v) is 2.46. The molecule has 0 heterocycles. The molecule has 0 radical (unpaired) electrons. The van der Waals surface area contributed by atoms with Gasteiger partial charge in [0.1, 0.15) is 0 Å². The van der Waals surface area contributed by atoms with E-state index in [-0.39, 0.29) is 83.1 Å². The molecule has 0 rings (SSSR count). The van der Waals surface area contributed by atoms with Crippen LogP contribution < -0.4 is 88.2 Å². The first-order valence-corrected chi connectivity index (χ1v) is 3.15. The number of aliphatic carboxylic acids is 3. The molecule has 0 saturated carbocycles. The third-order valence-corrected chi connectivity index (χ3v) is 1.28. The third kappa shape index (κ3) is 10.3. The monoisotopic (exact) mass is 364 g/mol. The molecule has 7 nitrogen and oxygen atoms in total. The van der Waals surface area contributed by atoms with E-state index < -0.39 is 36.4 Å². The maximum atomic E-state index is 10.3. The van der Waals surface area contributed by atoms with Crippen molar-refractivity contribution in [3.63, 3.8) is 0 Å². The van der Waals surface area contributed by atoms with Crippen molar-refractivity contribution in [1.82, 2.24) is 0 Å². The van der Waals surface area contributed by atoms with Gasteiger partial charge in [0.2, 0.25) is 0 Å². The van der Waals surface area contributed by atoms with Crippen LogP contribution in [0.5, 0.6) is 0 Å². The van der Waals surface area contributed by atoms with Gasteiger partial charge in [-0.1, -0.05) is 0 Å². The summed E-state index contributed by atoms with van der Waals surface area (Å²) in [4.78, 5) is 30.3. The van der Waals surface area contributed by atoms with Crippen molar-refractivity contribution in [3.05, 3.63) is 0 Å². The summed E-state index contributed by atoms with van der Waals surface area (Å²) in [5.41, 5.74) is -2.80. The van der Waals surface area contributed by atoms with Crippen LogP contribution in [0.15, 0.2) is 0 Å². The molecule has 0 aliphatic heterocycles. The molecule has 0 aliphatic carbocycles. The van der Waals surface area contributed by atoms with E-state index in [0.29, 0.717) is 0 Å². The first kappa shape index (κ1) is 25.8. The van der Waals surface area contributed by atoms with E-state index in [4.69, 9.17) is 15.3 Å². The van der Waals surface area contributed by atoms with E-state index in [0.717, 1.165) is 0 Å². The Balaban J connectivity index is -0.000000240. The Labute approximate surface area is 152 Å². The predicted molar refractivity (Wildman–Crippen MR) is 34.5 cm³/mol. The van der Waals surface area contributed by atoms with Crippen LogP contribution in [0.1, 0.15) is 12.8 Å². The largest absolute Gasteiger partial charge is 1.00 e. The molecule has 1 unspecified atom stereocenters. The van der Waals surface area contributed by atoms with Crippen molar-refractivity contribution >= 4 is 17.9 Å². The Bertz CT molecular complexity index is 241. The fraction of sp³-hybridized carbons (Fsp3) is 0.500. The Morgan fingerprint density at radius 3 is 1.62 bits per heavy atom. The second-order valence-electron chi connectivity index (χ2n) is 2.46. The number of aliphatic hydroxyl groups is 1. The molecule has 10 heteroatoms. The fourth-order valence-corrected chi connectivity index (χ4v) is 0.703. The van der Waals surface area contributed by atoms with Crippen molar-refractivity contribution in [2.24, 2.45) is 0 Å². The number of halogens is 1. The minimum atomic E-state index is -2.80. The van der Waals surface area contributed by atoms with Gasteiger partial charge < -0.3 is 49.2 Å². The van der Waals surface area contributed by atoms with Crippen molar-refractivity contribution in [1.29, 1.82) is 0 Å². The van der Waals surface area contributed by atoms with E-state index >= 15 is 0 Å². The molecule has 1 atom stereocenters. The van der Waals surface area contributed by atoms with Gasteiger partial charge in [-0.3, -0.25) is 4.79 Å². The van der Waals surface area contributed by atoms with Crippen LogP contribution in [0.4, 0.5) is 0 Å². The molecule has 3 N–H and O–H groups in total. The molecule has 0 amide bonds. The Hall–Kier alpha value is 1.10. The maximum Gasteiger partial charge on any atom is 1.00 e. The van der Waals surface area contributed by atoms with Crippen molar-refractivity contribution in [2.75, 3.05) is 0 Å². The maximum absolute atomic E-state index is 10.3. The van der Waals surface area contributed by atoms with Crippen LogP contribution in [0, 0.1) is 0 Å². The van der Waals surface area contributed by atoms with Gasteiger partial charge in [0.05, 0.1) is 6.42 Å². The number of carbonyl (C=O) groups excluding carboxylic acids is 1. The SMILES string of the molecule is O=C([O-])CC(O)(CC(=O)O)C(=O)O.[I-].[Na+].[Na+]. The normalized spacial score (nSPS) is 11.8. The van der Waals surface area contributed by atoms with Gasteiger partial charge in [0.25, 0.3) is 0 Å². The summed E-state index contributed by atoms with van der Waals surface area (Å²) in [5.74, 6) is -5.34. The van der Waals surface area contributed by atoms with E-state index in [2.05, 4.69) is 0 Å². The summed E-state index contributed by atoms with van der Waals surface area (Å²) >= 11 is 0. The zero-order chi connectivity index (χ0) is 10.6. The van der Waals surface area contributed by atoms with E-state index in [1.165, 1.54) is 0 Å². The number of carboxylic acids is 3. The molecule has 0 aromatic rings. The Morgan fingerprint density at radius 1 is 1.06 bits per heavy atom. The van der Waals surface area contributed by atoms with E-state index in [9.17, 15) is 19.5 Å². The summed E-state index contributed by atoms with van der Waals surface area (Å²) in [5, 5.41) is 35.5. The molecular weight excluding hydrogens is 357 g/mol. The zero-order valence-corrected chi connectivity index (χ0v) is 14.9. The third-order valence-electron chi connectivity index (χ3n) is 1.28. The Morgan fingerprint density at radius 2 is 1.44 bits per heavy atom. The van der Waals surface area contributed by atoms with Gasteiger partial charge in [0.15, 0.2) is 5.60 Å². The van der Waals surface area contributed by atoms with Crippen molar-refractivity contribution in [2.45, 2.75) is 18.4 Å². The van der Waals surface area contributed by atoms with Crippen LogP contribution in [0.3, 0.4) is 0 Å². The topological polar surface area (TPSA) is 135 Å². The molecule has 0 saturated heterocycles. The molecule has 82 valence electrons. The zero-order valence-electron chi connectivity index (χ0n) is 8.77. The van der Waals surface area contributed by atoms with Crippen LogP contribution in [-0.4, -0.2) is 38.8 Å². The molecule has 0 bridgehead atoms. The van der Waals surface area contributed by atoms with Gasteiger partial charge in [-0.05, 0) is 0 Å². The summed E-state index contributed by atoms with van der Waals surface area (Å²) in [6.45, 7) is 0. The van der Waals surface area contributed by atoms with Crippen LogP contribution in [0.25, 0.3) is 0 Å². The smallest absolute Gasteiger partial charge is 1.00 e. The Kier molecular flexibility index (Phi) is 18.1. The molecule has 0 aromatic carbocycles. The van der Waals surface area contributed by atoms with E-state index in [1.807, 2.05) is 0 Å². The molecule has 0 aliphatic rings. The number of hydrogen-bond donors (Lipinski definition) is 3. The molecule has 0 aromatic heterocycles. The number of carboxylic acid groups (broad SMARTS) is 3. The van der Waals surface area contributed by atoms with Gasteiger partial charge in [-0.2, -0.15) is 0 Å². The van der Waals surface area contributed by atoms with Gasteiger partial charge >= 0.3 is 71.1 Å².